The molecule has 0 spiro atoms. The van der Waals surface area contributed by atoms with Crippen LogP contribution in [0.25, 0.3) is 0 Å². The molecular weight excluding hydrogens is 180 g/mol. The van der Waals surface area contributed by atoms with Crippen molar-refractivity contribution >= 4 is 0 Å². The molecule has 3 nitrogen and oxygen atoms in total. The molecule has 1 saturated heterocycles. The van der Waals surface area contributed by atoms with E-state index in [0.717, 1.165) is 0 Å². The van der Waals surface area contributed by atoms with Gasteiger partial charge in [-0.2, -0.15) is 0 Å². The normalized spacial score (nSPS) is 39.4. The molecule has 1 aliphatic rings. The van der Waals surface area contributed by atoms with E-state index in [2.05, 4.69) is 13.8 Å². The van der Waals surface area contributed by atoms with Crippen LogP contribution in [0, 0.1) is 17.8 Å². The van der Waals surface area contributed by atoms with Crippen LogP contribution in [0.3, 0.4) is 0 Å². The van der Waals surface area contributed by atoms with Gasteiger partial charge in [0.05, 0.1) is 6.10 Å². The summed E-state index contributed by atoms with van der Waals surface area (Å²) >= 11 is 0. The molecule has 0 aromatic heterocycles. The van der Waals surface area contributed by atoms with Gasteiger partial charge in [0.25, 0.3) is 0 Å². The van der Waals surface area contributed by atoms with Crippen LogP contribution in [0.1, 0.15) is 34.6 Å². The maximum Gasteiger partial charge on any atom is 0.163 e. The topological polar surface area (TPSA) is 38.7 Å². The largest absolute Gasteiger partial charge is 0.368 e. The Balaban J connectivity index is 2.66. The third kappa shape index (κ3) is 2.47. The van der Waals surface area contributed by atoms with Gasteiger partial charge in [-0.25, -0.2) is 0 Å². The van der Waals surface area contributed by atoms with E-state index in [0.29, 0.717) is 5.92 Å². The third-order valence-corrected chi connectivity index (χ3v) is 2.73. The average Bonchev–Trinajstić information content (AvgIpc) is 2.08. The molecule has 4 unspecified atom stereocenters. The summed E-state index contributed by atoms with van der Waals surface area (Å²) < 4.78 is 11.2. The van der Waals surface area contributed by atoms with E-state index >= 15 is 0 Å². The van der Waals surface area contributed by atoms with Crippen LogP contribution in [0.15, 0.2) is 0 Å². The molecule has 0 aromatic carbocycles. The Kier molecular flexibility index (Phi) is 3.93. The Morgan fingerprint density at radius 1 is 1.00 bits per heavy atom. The van der Waals surface area contributed by atoms with Crippen molar-refractivity contribution < 1.29 is 14.6 Å². The zero-order valence-electron chi connectivity index (χ0n) is 9.73. The lowest BCUT2D eigenvalue weighted by Crippen LogP contribution is -2.48. The molecule has 0 amide bonds. The average molecular weight is 202 g/mol. The summed E-state index contributed by atoms with van der Waals surface area (Å²) in [6.45, 7) is 10.2. The fourth-order valence-electron chi connectivity index (χ4n) is 1.81. The maximum absolute atomic E-state index is 9.71. The highest BCUT2D eigenvalue weighted by Gasteiger charge is 2.38. The van der Waals surface area contributed by atoms with Crippen molar-refractivity contribution in [3.63, 3.8) is 0 Å². The quantitative estimate of drug-likeness (QED) is 0.744. The molecule has 84 valence electrons. The van der Waals surface area contributed by atoms with Gasteiger partial charge in [0.2, 0.25) is 0 Å². The molecule has 0 saturated carbocycles. The van der Waals surface area contributed by atoms with Crippen LogP contribution in [-0.4, -0.2) is 23.8 Å². The second kappa shape index (κ2) is 4.60. The molecule has 0 aromatic rings. The predicted molar refractivity (Wildman–Crippen MR) is 54.6 cm³/mol. The van der Waals surface area contributed by atoms with E-state index < -0.39 is 6.29 Å². The SMILES string of the molecule is CC(C)C1OC(O)C(C)C(C(C)C)O1. The van der Waals surface area contributed by atoms with Crippen LogP contribution < -0.4 is 0 Å². The van der Waals surface area contributed by atoms with Crippen LogP contribution >= 0.6 is 0 Å². The molecule has 1 rings (SSSR count). The smallest absolute Gasteiger partial charge is 0.163 e. The molecule has 0 aliphatic carbocycles. The first-order chi connectivity index (χ1) is 6.43. The monoisotopic (exact) mass is 202 g/mol. The van der Waals surface area contributed by atoms with Crippen molar-refractivity contribution in [1.82, 2.24) is 0 Å². The first-order valence-corrected chi connectivity index (χ1v) is 5.42. The van der Waals surface area contributed by atoms with E-state index in [1.165, 1.54) is 0 Å². The van der Waals surface area contributed by atoms with Gasteiger partial charge >= 0.3 is 0 Å². The maximum atomic E-state index is 9.71. The van der Waals surface area contributed by atoms with Crippen molar-refractivity contribution in [3.8, 4) is 0 Å². The van der Waals surface area contributed by atoms with E-state index in [9.17, 15) is 5.11 Å². The number of hydrogen-bond acceptors (Lipinski definition) is 3. The molecular formula is C11H22O3. The summed E-state index contributed by atoms with van der Waals surface area (Å²) in [5.74, 6) is 0.730. The Labute approximate surface area is 86.4 Å². The zero-order chi connectivity index (χ0) is 10.9. The lowest BCUT2D eigenvalue weighted by atomic mass is 9.92. The Morgan fingerprint density at radius 3 is 2.00 bits per heavy atom. The van der Waals surface area contributed by atoms with Crippen molar-refractivity contribution in [1.29, 1.82) is 0 Å². The van der Waals surface area contributed by atoms with Gasteiger partial charge in [0.1, 0.15) is 0 Å². The van der Waals surface area contributed by atoms with E-state index in [4.69, 9.17) is 9.47 Å². The van der Waals surface area contributed by atoms with E-state index in [1.54, 1.807) is 0 Å². The Hall–Kier alpha value is -0.120. The summed E-state index contributed by atoms with van der Waals surface area (Å²) in [6.07, 6.45) is -0.872. The van der Waals surface area contributed by atoms with Crippen LogP contribution in [0.5, 0.6) is 0 Å². The predicted octanol–water partition coefficient (Wildman–Crippen LogP) is 1.99. The standard InChI is InChI=1S/C11H22O3/c1-6(2)9-8(5)10(12)14-11(13-9)7(3)4/h6-12H,1-5H3. The number of aliphatic hydroxyl groups excluding tert-OH is 1. The molecule has 3 heteroatoms. The summed E-state index contributed by atoms with van der Waals surface area (Å²) in [5, 5.41) is 9.71. The van der Waals surface area contributed by atoms with Gasteiger partial charge in [-0.05, 0) is 5.92 Å². The summed E-state index contributed by atoms with van der Waals surface area (Å²) in [5.41, 5.74) is 0. The number of aliphatic hydroxyl groups is 1. The molecule has 1 N–H and O–H groups in total. The highest BCUT2D eigenvalue weighted by molar-refractivity contribution is 4.77. The molecule has 0 radical (unpaired) electrons. The van der Waals surface area contributed by atoms with Crippen molar-refractivity contribution in [2.75, 3.05) is 0 Å². The zero-order valence-corrected chi connectivity index (χ0v) is 9.73. The number of hydrogen-bond donors (Lipinski definition) is 1. The van der Waals surface area contributed by atoms with Gasteiger partial charge in [-0.15, -0.1) is 0 Å². The molecule has 1 heterocycles. The Bertz CT molecular complexity index is 179. The van der Waals surface area contributed by atoms with E-state index in [-0.39, 0.29) is 24.2 Å². The van der Waals surface area contributed by atoms with Gasteiger partial charge < -0.3 is 14.6 Å². The molecule has 0 bridgehead atoms. The van der Waals surface area contributed by atoms with Crippen molar-refractivity contribution in [3.05, 3.63) is 0 Å². The van der Waals surface area contributed by atoms with E-state index in [1.807, 2.05) is 20.8 Å². The second-order valence-corrected chi connectivity index (χ2v) is 4.84. The lowest BCUT2D eigenvalue weighted by Gasteiger charge is -2.41. The van der Waals surface area contributed by atoms with Gasteiger partial charge in [-0.3, -0.25) is 0 Å². The molecule has 1 fully saturated rings. The number of rotatable bonds is 2. The fraction of sp³-hybridized carbons (Fsp3) is 1.00. The minimum absolute atomic E-state index is 0.0463. The van der Waals surface area contributed by atoms with Gasteiger partial charge in [0, 0.05) is 11.8 Å². The molecule has 4 atom stereocenters. The van der Waals surface area contributed by atoms with Crippen LogP contribution in [-0.2, 0) is 9.47 Å². The molecule has 14 heavy (non-hydrogen) atoms. The summed E-state index contributed by atoms with van der Waals surface area (Å²) in [4.78, 5) is 0. The van der Waals surface area contributed by atoms with Crippen LogP contribution in [0.4, 0.5) is 0 Å². The Morgan fingerprint density at radius 2 is 1.57 bits per heavy atom. The highest BCUT2D eigenvalue weighted by Crippen LogP contribution is 2.30. The lowest BCUT2D eigenvalue weighted by molar-refractivity contribution is -0.335. The first kappa shape index (κ1) is 12.0. The fourth-order valence-corrected chi connectivity index (χ4v) is 1.81. The van der Waals surface area contributed by atoms with Crippen molar-refractivity contribution in [2.24, 2.45) is 17.8 Å². The minimum atomic E-state index is -0.691. The summed E-state index contributed by atoms with van der Waals surface area (Å²) in [7, 11) is 0. The summed E-state index contributed by atoms with van der Waals surface area (Å²) in [6, 6.07) is 0. The first-order valence-electron chi connectivity index (χ1n) is 5.42. The van der Waals surface area contributed by atoms with Crippen LogP contribution in [0.2, 0.25) is 0 Å². The molecule has 1 aliphatic heterocycles. The van der Waals surface area contributed by atoms with Gasteiger partial charge in [-0.1, -0.05) is 34.6 Å². The van der Waals surface area contributed by atoms with Gasteiger partial charge in [0.15, 0.2) is 12.6 Å². The second-order valence-electron chi connectivity index (χ2n) is 4.84. The van der Waals surface area contributed by atoms with Crippen molar-refractivity contribution in [2.45, 2.75) is 53.3 Å². The third-order valence-electron chi connectivity index (χ3n) is 2.73. The minimum Gasteiger partial charge on any atom is -0.368 e. The highest BCUT2D eigenvalue weighted by atomic mass is 16.7. The number of ether oxygens (including phenoxy) is 2.